The number of piperazine rings is 1. The van der Waals surface area contributed by atoms with Gasteiger partial charge in [-0.15, -0.1) is 0 Å². The number of rotatable bonds is 5. The summed E-state index contributed by atoms with van der Waals surface area (Å²) in [5, 5.41) is 36.1. The second kappa shape index (κ2) is 11.5. The van der Waals surface area contributed by atoms with Crippen molar-refractivity contribution in [3.8, 4) is 11.5 Å². The van der Waals surface area contributed by atoms with Crippen molar-refractivity contribution in [3.05, 3.63) is 106 Å². The summed E-state index contributed by atoms with van der Waals surface area (Å²) in [6.45, 7) is 3.35. The average molecular weight is 735 g/mol. The van der Waals surface area contributed by atoms with Gasteiger partial charge in [-0.25, -0.2) is 5.43 Å². The van der Waals surface area contributed by atoms with E-state index < -0.39 is 76.6 Å². The highest BCUT2D eigenvalue weighted by atomic mass is 79.9. The Hall–Kier alpha value is -5.19. The summed E-state index contributed by atoms with van der Waals surface area (Å²) in [4.78, 5) is 85.8. The van der Waals surface area contributed by atoms with Gasteiger partial charge in [0.05, 0.1) is 51.8 Å². The number of phenolic OH excluding ortho intramolecular Hbond substituents is 1. The monoisotopic (exact) mass is 733 g/mol. The number of aliphatic hydroxyl groups is 2. The number of nitrogens with zero attached hydrogens (tertiary/aromatic N) is 3. The zero-order chi connectivity index (χ0) is 35.1. The van der Waals surface area contributed by atoms with Crippen LogP contribution in [-0.4, -0.2) is 89.1 Å². The molecule has 1 aromatic heterocycles. The second-order valence-electron chi connectivity index (χ2n) is 12.4. The number of methoxy groups -OCH3 is 1. The molecule has 0 unspecified atom stereocenters. The smallest absolute Gasteiger partial charge is 0.260 e. The summed E-state index contributed by atoms with van der Waals surface area (Å²) in [5.74, 6) is -3.01. The molecule has 49 heavy (non-hydrogen) atoms. The van der Waals surface area contributed by atoms with Gasteiger partial charge >= 0.3 is 0 Å². The van der Waals surface area contributed by atoms with E-state index in [0.717, 1.165) is 39.4 Å². The summed E-state index contributed by atoms with van der Waals surface area (Å²) in [6.07, 6.45) is 1.19. The van der Waals surface area contributed by atoms with Gasteiger partial charge in [0.25, 0.3) is 11.5 Å². The predicted molar refractivity (Wildman–Crippen MR) is 181 cm³/mol. The minimum Gasteiger partial charge on any atom is -0.510 e. The molecule has 252 valence electrons. The molecular weight excluding hydrogens is 706 g/mol. The molecule has 1 aliphatic heterocycles. The van der Waals surface area contributed by atoms with E-state index in [2.05, 4.69) is 36.3 Å². The molecule has 4 aliphatic carbocycles. The van der Waals surface area contributed by atoms with Crippen molar-refractivity contribution < 1.29 is 24.9 Å². The molecule has 1 spiro atoms. The molecule has 16 heteroatoms. The first kappa shape index (κ1) is 32.4. The molecule has 5 aliphatic rings. The van der Waals surface area contributed by atoms with Crippen LogP contribution in [0.25, 0.3) is 22.3 Å². The number of fused-ring (bicyclic) bond motifs is 4. The largest absolute Gasteiger partial charge is 0.510 e. The van der Waals surface area contributed by atoms with E-state index in [1.807, 2.05) is 11.9 Å². The number of aromatic amines is 1. The Kier molecular flexibility index (Phi) is 7.57. The highest BCUT2D eigenvalue weighted by Crippen LogP contribution is 2.56. The van der Waals surface area contributed by atoms with Crippen molar-refractivity contribution in [2.45, 2.75) is 18.3 Å². The molecule has 1 atom stereocenters. The van der Waals surface area contributed by atoms with Gasteiger partial charge in [-0.1, -0.05) is 0 Å². The summed E-state index contributed by atoms with van der Waals surface area (Å²) in [6, 6.07) is 2.28. The second-order valence-corrected chi connectivity index (χ2v) is 13.2. The lowest BCUT2D eigenvalue weighted by molar-refractivity contribution is -0.122. The minimum absolute atomic E-state index is 0.0927. The number of aromatic hydroxyl groups is 1. The molecule has 0 bridgehead atoms. The summed E-state index contributed by atoms with van der Waals surface area (Å²) >= 11 is 3.50. The first-order chi connectivity index (χ1) is 23.3. The van der Waals surface area contributed by atoms with Gasteiger partial charge in [-0.3, -0.25) is 33.7 Å². The number of halogens is 1. The predicted octanol–water partition coefficient (Wildman–Crippen LogP) is -2.03. The van der Waals surface area contributed by atoms with Gasteiger partial charge in [-0.05, 0) is 47.4 Å². The first-order valence-electron chi connectivity index (χ1n) is 15.2. The van der Waals surface area contributed by atoms with Crippen molar-refractivity contribution in [1.82, 2.24) is 20.2 Å². The molecule has 7 rings (SSSR count). The number of hydrogen-bond acceptors (Lipinski definition) is 13. The van der Waals surface area contributed by atoms with E-state index >= 15 is 0 Å². The van der Waals surface area contributed by atoms with E-state index in [0.29, 0.717) is 10.0 Å². The van der Waals surface area contributed by atoms with Crippen LogP contribution in [-0.2, 0) is 16.6 Å². The number of nitrogens with one attached hydrogen (secondary N) is 2. The highest BCUT2D eigenvalue weighted by molar-refractivity contribution is 9.10. The van der Waals surface area contributed by atoms with Crippen LogP contribution >= 0.6 is 15.9 Å². The van der Waals surface area contributed by atoms with Crippen LogP contribution in [0.3, 0.4) is 0 Å². The standard InChI is InChI=1S/C33H28BrN5O10/c1-38-5-7-39(8-6-38)12-18(41)37-35-11-13-9-15-19(32(48)36-13)29(45)24-14(25(15)34)3-4-33(24)30(46)22-23(31(33)47)28(44)21-20(27(22)43)16(40)10-17(49-2)26(21)42/h9-11,45-47H,3-8,12H2,1-2H3,(H,36,48)(H,37,41)/t33-/m0/s1. The molecule has 5 N–H and O–H groups in total. The van der Waals surface area contributed by atoms with Gasteiger partial charge in [0.15, 0.2) is 11.2 Å². The van der Waals surface area contributed by atoms with Crippen molar-refractivity contribution in [1.29, 1.82) is 0 Å². The van der Waals surface area contributed by atoms with Crippen LogP contribution in [0.5, 0.6) is 11.5 Å². The molecule has 15 nitrogen and oxygen atoms in total. The fourth-order valence-electron chi connectivity index (χ4n) is 7.30. The van der Waals surface area contributed by atoms with Crippen LogP contribution in [0.4, 0.5) is 0 Å². The maximum Gasteiger partial charge on any atom is 0.260 e. The summed E-state index contributed by atoms with van der Waals surface area (Å²) in [7, 11) is 3.12. The molecule has 2 heterocycles. The molecule has 1 saturated heterocycles. The van der Waals surface area contributed by atoms with E-state index in [1.54, 1.807) is 0 Å². The number of carbonyl (C=O) groups is 1. The van der Waals surface area contributed by atoms with Crippen LogP contribution in [0, 0.1) is 10.4 Å². The van der Waals surface area contributed by atoms with Crippen molar-refractivity contribution in [2.24, 2.45) is 5.10 Å². The molecule has 0 radical (unpaired) electrons. The Morgan fingerprint density at radius 3 is 2.31 bits per heavy atom. The molecule has 1 fully saturated rings. The van der Waals surface area contributed by atoms with E-state index in [9.17, 15) is 44.1 Å². The van der Waals surface area contributed by atoms with E-state index in [1.165, 1.54) is 12.3 Å². The normalized spacial score (nSPS) is 19.4. The quantitative estimate of drug-likeness (QED) is 0.111. The number of aliphatic hydroxyl groups excluding tert-OH is 2. The number of carbonyl (C=O) groups excluding carboxylic acids is 1. The van der Waals surface area contributed by atoms with Gasteiger partial charge < -0.3 is 29.9 Å². The van der Waals surface area contributed by atoms with E-state index in [4.69, 9.17) is 4.74 Å². The third-order valence-corrected chi connectivity index (χ3v) is 10.6. The Morgan fingerprint density at radius 1 is 1.00 bits per heavy atom. The fraction of sp³-hybridized carbons (Fsp3) is 0.303. The van der Waals surface area contributed by atoms with Crippen LogP contribution in [0.2, 0.25) is 0 Å². The van der Waals surface area contributed by atoms with Crippen molar-refractivity contribution in [3.63, 3.8) is 0 Å². The third kappa shape index (κ3) is 4.58. The molecule has 2 aromatic rings. The van der Waals surface area contributed by atoms with Gasteiger partial charge in [0, 0.05) is 47.7 Å². The maximum absolute atomic E-state index is 13.7. The van der Waals surface area contributed by atoms with Crippen LogP contribution in [0.1, 0.15) is 23.2 Å². The SMILES string of the molecule is COc1cc(=O)c2c(=O)c3c(c(=O)c=2c1=O)=C(O)[C@]1(CCc2c1c(O)c1c(=O)[nH]c(C=NNC(=O)CN4CCN(C)CC4)cc1c2Br)C=3O. The third-order valence-electron chi connectivity index (χ3n) is 9.73. The molecule has 1 amide bonds. The zero-order valence-electron chi connectivity index (χ0n) is 26.1. The topological polar surface area (TPSA) is 219 Å². The number of hydrogen-bond donors (Lipinski definition) is 5. The Labute approximate surface area is 282 Å². The number of pyridine rings is 1. The zero-order valence-corrected chi connectivity index (χ0v) is 27.7. The maximum atomic E-state index is 13.7. The number of hydrazone groups is 1. The van der Waals surface area contributed by atoms with E-state index in [-0.39, 0.29) is 47.3 Å². The fourth-order valence-corrected chi connectivity index (χ4v) is 8.01. The Bertz CT molecular complexity index is 2660. The average Bonchev–Trinajstić information content (AvgIpc) is 3.57. The Balaban J connectivity index is 1.34. The highest BCUT2D eigenvalue weighted by Gasteiger charge is 2.53. The van der Waals surface area contributed by atoms with Crippen LogP contribution < -0.4 is 47.9 Å². The number of benzene rings is 1. The number of amides is 1. The first-order valence-corrected chi connectivity index (χ1v) is 16.0. The molecule has 1 aromatic carbocycles. The lowest BCUT2D eigenvalue weighted by atomic mass is 9.78. The van der Waals surface area contributed by atoms with Gasteiger partial charge in [-0.2, -0.15) is 5.10 Å². The number of H-pyrrole nitrogens is 1. The summed E-state index contributed by atoms with van der Waals surface area (Å²) in [5.41, 5.74) is -4.23. The summed E-state index contributed by atoms with van der Waals surface area (Å²) < 4.78 is 5.24. The number of ether oxygens (including phenoxy) is 1. The molecule has 0 saturated carbocycles. The Morgan fingerprint density at radius 2 is 1.65 bits per heavy atom. The van der Waals surface area contributed by atoms with Crippen molar-refractivity contribution in [2.75, 3.05) is 46.9 Å². The van der Waals surface area contributed by atoms with Crippen LogP contribution in [0.15, 0.2) is 45.7 Å². The lowest BCUT2D eigenvalue weighted by Crippen LogP contribution is -2.51. The van der Waals surface area contributed by atoms with Gasteiger partial charge in [0.1, 0.15) is 22.7 Å². The van der Waals surface area contributed by atoms with Crippen molar-refractivity contribution >= 4 is 50.3 Å². The number of phenols is 1. The number of likely N-dealkylation sites (N-methyl/N-ethyl adjacent to an activating group) is 1. The minimum atomic E-state index is -2.04. The van der Waals surface area contributed by atoms with Gasteiger partial charge in [0.2, 0.25) is 16.3 Å². The molecular formula is C33H28BrN5O10. The lowest BCUT2D eigenvalue weighted by Gasteiger charge is -2.31. The number of aromatic nitrogens is 1.